The van der Waals surface area contributed by atoms with Crippen molar-refractivity contribution in [3.63, 3.8) is 0 Å². The summed E-state index contributed by atoms with van der Waals surface area (Å²) in [5, 5.41) is 9.08. The van der Waals surface area contributed by atoms with Crippen LogP contribution < -0.4 is 25.5 Å². The summed E-state index contributed by atoms with van der Waals surface area (Å²) >= 11 is 0. The van der Waals surface area contributed by atoms with Crippen molar-refractivity contribution in [3.05, 3.63) is 89.5 Å². The van der Waals surface area contributed by atoms with E-state index in [-0.39, 0.29) is 19.1 Å². The molecule has 35 heavy (non-hydrogen) atoms. The first kappa shape index (κ1) is 25.0. The molecule has 0 bridgehead atoms. The second kappa shape index (κ2) is 12.5. The molecule has 0 fully saturated rings. The molecule has 0 aromatic heterocycles. The average Bonchev–Trinajstić information content (AvgIpc) is 2.87. The molecule has 0 aliphatic rings. The predicted octanol–water partition coefficient (Wildman–Crippen LogP) is 2.79. The fraction of sp³-hybridized carbons (Fsp3) is 0.154. The third kappa shape index (κ3) is 8.32. The number of ether oxygens (including phenoxy) is 2. The zero-order valence-corrected chi connectivity index (χ0v) is 19.4. The van der Waals surface area contributed by atoms with E-state index in [2.05, 4.69) is 21.2 Å². The van der Waals surface area contributed by atoms with Gasteiger partial charge in [0.15, 0.2) is 6.61 Å². The number of aryl methyl sites for hydroxylation is 1. The smallest absolute Gasteiger partial charge is 0.329 e. The molecule has 0 saturated heterocycles. The predicted molar refractivity (Wildman–Crippen MR) is 132 cm³/mol. The fourth-order valence-electron chi connectivity index (χ4n) is 2.94. The van der Waals surface area contributed by atoms with Gasteiger partial charge in [0.25, 0.3) is 5.91 Å². The molecule has 0 spiro atoms. The van der Waals surface area contributed by atoms with Gasteiger partial charge in [-0.1, -0.05) is 24.3 Å². The Morgan fingerprint density at radius 3 is 2.31 bits per heavy atom. The molecule has 3 N–H and O–H groups in total. The van der Waals surface area contributed by atoms with Crippen molar-refractivity contribution in [2.45, 2.75) is 13.5 Å². The number of benzene rings is 3. The highest BCUT2D eigenvalue weighted by Gasteiger charge is 2.12. The van der Waals surface area contributed by atoms with Gasteiger partial charge in [0, 0.05) is 12.2 Å². The Morgan fingerprint density at radius 1 is 0.914 bits per heavy atom. The first-order valence-corrected chi connectivity index (χ1v) is 10.8. The van der Waals surface area contributed by atoms with Crippen LogP contribution in [-0.2, 0) is 20.9 Å². The van der Waals surface area contributed by atoms with E-state index in [0.29, 0.717) is 22.7 Å². The van der Waals surface area contributed by atoms with Crippen molar-refractivity contribution in [2.75, 3.05) is 19.0 Å². The number of amides is 3. The minimum Gasteiger partial charge on any atom is -0.497 e. The molecule has 0 aliphatic heterocycles. The molecule has 9 nitrogen and oxygen atoms in total. The summed E-state index contributed by atoms with van der Waals surface area (Å²) in [7, 11) is 1.57. The number of hydrazone groups is 1. The Bertz CT molecular complexity index is 1190. The van der Waals surface area contributed by atoms with Crippen molar-refractivity contribution in [1.82, 2.24) is 10.7 Å². The van der Waals surface area contributed by atoms with Crippen LogP contribution in [-0.4, -0.2) is 37.7 Å². The Balaban J connectivity index is 1.39. The highest BCUT2D eigenvalue weighted by Crippen LogP contribution is 2.13. The Morgan fingerprint density at radius 2 is 1.63 bits per heavy atom. The molecule has 3 aromatic carbocycles. The van der Waals surface area contributed by atoms with Crippen LogP contribution in [0.4, 0.5) is 5.69 Å². The summed E-state index contributed by atoms with van der Waals surface area (Å²) in [5.41, 5.74) is 5.43. The van der Waals surface area contributed by atoms with Gasteiger partial charge in [0.1, 0.15) is 11.5 Å². The molecule has 3 amide bonds. The van der Waals surface area contributed by atoms with E-state index < -0.39 is 11.8 Å². The number of nitrogens with zero attached hydrogens (tertiary/aromatic N) is 1. The molecule has 0 atom stereocenters. The quantitative estimate of drug-likeness (QED) is 0.250. The molecular formula is C26H26N4O5. The number of carbonyl (C=O) groups excluding carboxylic acids is 3. The van der Waals surface area contributed by atoms with Gasteiger partial charge < -0.3 is 20.1 Å². The summed E-state index contributed by atoms with van der Waals surface area (Å²) in [6, 6.07) is 21.3. The first-order valence-electron chi connectivity index (χ1n) is 10.8. The lowest BCUT2D eigenvalue weighted by Gasteiger charge is -2.08. The maximum Gasteiger partial charge on any atom is 0.329 e. The maximum absolute atomic E-state index is 12.0. The normalized spacial score (nSPS) is 10.5. The number of anilines is 1. The lowest BCUT2D eigenvalue weighted by atomic mass is 10.2. The van der Waals surface area contributed by atoms with Crippen LogP contribution >= 0.6 is 0 Å². The highest BCUT2D eigenvalue weighted by atomic mass is 16.5. The standard InChI is InChI=1S/C26H26N4O5/c1-18-4-3-5-21(14-18)29-24(31)17-35-23-12-8-20(9-13-23)16-28-30-26(33)25(32)27-15-19-6-10-22(34-2)11-7-19/h3-14,16H,15,17H2,1-2H3,(H,27,32)(H,29,31)(H,30,33)/b28-16-. The number of hydrogen-bond donors (Lipinski definition) is 3. The molecule has 0 radical (unpaired) electrons. The Hall–Kier alpha value is -4.66. The number of rotatable bonds is 9. The first-order chi connectivity index (χ1) is 16.9. The van der Waals surface area contributed by atoms with Crippen molar-refractivity contribution in [3.8, 4) is 11.5 Å². The second-order valence-electron chi connectivity index (χ2n) is 7.51. The molecule has 0 saturated carbocycles. The lowest BCUT2D eigenvalue weighted by molar-refractivity contribution is -0.139. The van der Waals surface area contributed by atoms with E-state index in [0.717, 1.165) is 11.1 Å². The van der Waals surface area contributed by atoms with Gasteiger partial charge >= 0.3 is 11.8 Å². The Labute approximate surface area is 203 Å². The zero-order valence-electron chi connectivity index (χ0n) is 19.4. The highest BCUT2D eigenvalue weighted by molar-refractivity contribution is 6.35. The van der Waals surface area contributed by atoms with E-state index in [1.807, 2.05) is 31.2 Å². The largest absolute Gasteiger partial charge is 0.497 e. The van der Waals surface area contributed by atoms with E-state index in [1.165, 1.54) is 6.21 Å². The van der Waals surface area contributed by atoms with Gasteiger partial charge in [-0.25, -0.2) is 5.43 Å². The molecule has 0 aliphatic carbocycles. The zero-order chi connectivity index (χ0) is 25.0. The van der Waals surface area contributed by atoms with Crippen molar-refractivity contribution < 1.29 is 23.9 Å². The van der Waals surface area contributed by atoms with E-state index in [9.17, 15) is 14.4 Å². The molecule has 0 unspecified atom stereocenters. The molecule has 3 rings (SSSR count). The molecule has 9 heteroatoms. The van der Waals surface area contributed by atoms with Gasteiger partial charge in [-0.05, 0) is 72.1 Å². The van der Waals surface area contributed by atoms with Crippen LogP contribution in [0.2, 0.25) is 0 Å². The minimum absolute atomic E-state index is 0.136. The average molecular weight is 475 g/mol. The topological polar surface area (TPSA) is 118 Å². The van der Waals surface area contributed by atoms with Gasteiger partial charge in [0.2, 0.25) is 0 Å². The minimum atomic E-state index is -0.880. The fourth-order valence-corrected chi connectivity index (χ4v) is 2.94. The van der Waals surface area contributed by atoms with Crippen LogP contribution in [0.15, 0.2) is 77.9 Å². The van der Waals surface area contributed by atoms with Crippen LogP contribution in [0.25, 0.3) is 0 Å². The third-order valence-electron chi connectivity index (χ3n) is 4.75. The number of hydrogen-bond acceptors (Lipinski definition) is 6. The van der Waals surface area contributed by atoms with Crippen molar-refractivity contribution >= 4 is 29.6 Å². The van der Waals surface area contributed by atoms with Gasteiger partial charge in [-0.15, -0.1) is 0 Å². The van der Waals surface area contributed by atoms with Crippen molar-refractivity contribution in [1.29, 1.82) is 0 Å². The summed E-state index contributed by atoms with van der Waals surface area (Å²) in [6.07, 6.45) is 1.39. The summed E-state index contributed by atoms with van der Waals surface area (Å²) in [6.45, 7) is 2.01. The van der Waals surface area contributed by atoms with Crippen molar-refractivity contribution in [2.24, 2.45) is 5.10 Å². The number of methoxy groups -OCH3 is 1. The van der Waals surface area contributed by atoms with Crippen LogP contribution in [0.1, 0.15) is 16.7 Å². The second-order valence-corrected chi connectivity index (χ2v) is 7.51. The molecule has 3 aromatic rings. The van der Waals surface area contributed by atoms with Crippen LogP contribution in [0.3, 0.4) is 0 Å². The third-order valence-corrected chi connectivity index (χ3v) is 4.75. The summed E-state index contributed by atoms with van der Waals surface area (Å²) < 4.78 is 10.6. The SMILES string of the molecule is COc1ccc(CNC(=O)C(=O)N/N=C\c2ccc(OCC(=O)Nc3cccc(C)c3)cc2)cc1. The molecule has 180 valence electrons. The maximum atomic E-state index is 12.0. The summed E-state index contributed by atoms with van der Waals surface area (Å²) in [5.74, 6) is -0.743. The van der Waals surface area contributed by atoms with E-state index in [4.69, 9.17) is 9.47 Å². The van der Waals surface area contributed by atoms with E-state index >= 15 is 0 Å². The lowest BCUT2D eigenvalue weighted by Crippen LogP contribution is -2.37. The monoisotopic (exact) mass is 474 g/mol. The summed E-state index contributed by atoms with van der Waals surface area (Å²) in [4.78, 5) is 35.8. The number of carbonyl (C=O) groups is 3. The molecular weight excluding hydrogens is 448 g/mol. The Kier molecular flexibility index (Phi) is 8.95. The number of nitrogens with one attached hydrogen (secondary N) is 3. The van der Waals surface area contributed by atoms with Gasteiger partial charge in [-0.2, -0.15) is 5.10 Å². The van der Waals surface area contributed by atoms with E-state index in [1.54, 1.807) is 55.6 Å². The van der Waals surface area contributed by atoms with Crippen LogP contribution in [0, 0.1) is 6.92 Å². The molecule has 0 heterocycles. The van der Waals surface area contributed by atoms with Crippen LogP contribution in [0.5, 0.6) is 11.5 Å². The van der Waals surface area contributed by atoms with Gasteiger partial charge in [-0.3, -0.25) is 14.4 Å². The van der Waals surface area contributed by atoms with Gasteiger partial charge in [0.05, 0.1) is 13.3 Å².